The normalized spacial score (nSPS) is 10.0. The van der Waals surface area contributed by atoms with Gasteiger partial charge in [0, 0.05) is 0 Å². The Bertz CT molecular complexity index is 198. The van der Waals surface area contributed by atoms with Gasteiger partial charge in [-0.3, -0.25) is 0 Å². The van der Waals surface area contributed by atoms with E-state index in [0.717, 1.165) is 13.8 Å². The Hall–Kier alpha value is 2.46. The van der Waals surface area contributed by atoms with Gasteiger partial charge in [0.25, 0.3) is 0 Å². The summed E-state index contributed by atoms with van der Waals surface area (Å²) in [6.07, 6.45) is 0. The molecule has 0 nitrogen and oxygen atoms in total. The maximum atomic E-state index is 11.1. The topological polar surface area (TPSA) is 0 Å². The van der Waals surface area contributed by atoms with Crippen molar-refractivity contribution in [2.75, 3.05) is 0 Å². The zero-order valence-corrected chi connectivity index (χ0v) is 16.1. The third-order valence-electron chi connectivity index (χ3n) is 1.12. The minimum absolute atomic E-state index is 0. The Kier molecular flexibility index (Phi) is 19.0. The first kappa shape index (κ1) is 26.9. The third-order valence-corrected chi connectivity index (χ3v) is 1.12. The zero-order valence-electron chi connectivity index (χ0n) is 9.84. The van der Waals surface area contributed by atoms with Gasteiger partial charge in [-0.05, 0) is 0 Å². The van der Waals surface area contributed by atoms with Crippen molar-refractivity contribution in [2.24, 2.45) is 0 Å². The predicted molar refractivity (Wildman–Crippen MR) is 47.8 cm³/mol. The van der Waals surface area contributed by atoms with Crippen molar-refractivity contribution in [1.82, 2.24) is 0 Å². The number of hydrogen-bond donors (Lipinski definition) is 0. The Labute approximate surface area is 177 Å². The van der Waals surface area contributed by atoms with Crippen molar-refractivity contribution >= 4 is 14.0 Å². The van der Waals surface area contributed by atoms with E-state index in [4.69, 9.17) is 0 Å². The number of hydrogen-bond acceptors (Lipinski definition) is 0. The van der Waals surface area contributed by atoms with Crippen LogP contribution in [0.2, 0.25) is 0 Å². The molecule has 0 rings (SSSR count). The molecule has 0 unspecified atom stereocenters. The average Bonchev–Trinajstić information content (AvgIpc) is 1.83. The summed E-state index contributed by atoms with van der Waals surface area (Å²) in [5.41, 5.74) is -1.39. The summed E-state index contributed by atoms with van der Waals surface area (Å²) in [5, 5.41) is 0. The molecule has 10 heteroatoms. The van der Waals surface area contributed by atoms with Gasteiger partial charge in [0.15, 0.2) is 0 Å². The fourth-order valence-electron chi connectivity index (χ4n) is 0. The van der Waals surface area contributed by atoms with E-state index in [1.54, 1.807) is 0 Å². The van der Waals surface area contributed by atoms with Crippen LogP contribution in [0.15, 0.2) is 24.1 Å². The summed E-state index contributed by atoms with van der Waals surface area (Å²) in [6, 6.07) is 0. The van der Waals surface area contributed by atoms with E-state index in [1.165, 1.54) is 0 Å². The van der Waals surface area contributed by atoms with Crippen molar-refractivity contribution in [1.29, 1.82) is 0 Å². The molecule has 0 fully saturated rings. The SMILES string of the molecule is C=C(C)[B-](F)(F)F.C=C(C)[B-](F)(F)F.[K+].[K+]. The molecule has 0 saturated heterocycles. The molecule has 0 spiro atoms. The monoisotopic (exact) mass is 296 g/mol. The van der Waals surface area contributed by atoms with Crippen LogP contribution in [0.5, 0.6) is 0 Å². The van der Waals surface area contributed by atoms with Gasteiger partial charge in [0.2, 0.25) is 0 Å². The Morgan fingerprint density at radius 1 is 0.688 bits per heavy atom. The second kappa shape index (κ2) is 11.3. The second-order valence-corrected chi connectivity index (χ2v) is 2.84. The molecule has 0 radical (unpaired) electrons. The Balaban J connectivity index is -0.0000000800. The molecule has 0 saturated carbocycles. The zero-order chi connectivity index (χ0) is 12.2. The van der Waals surface area contributed by atoms with Gasteiger partial charge in [0.05, 0.1) is 0 Å². The van der Waals surface area contributed by atoms with E-state index in [0.29, 0.717) is 0 Å². The standard InChI is InChI=1S/2C3H5BF3.2K/c2*1-3(2)4(5,6)7;;/h2*1H2,2H3;;/q2*-1;2*+1. The van der Waals surface area contributed by atoms with Crippen LogP contribution in [0.4, 0.5) is 25.9 Å². The number of rotatable bonds is 2. The van der Waals surface area contributed by atoms with E-state index in [-0.39, 0.29) is 103 Å². The minimum atomic E-state index is -4.75. The van der Waals surface area contributed by atoms with Crippen LogP contribution in [0, 0.1) is 0 Å². The Morgan fingerprint density at radius 3 is 0.750 bits per heavy atom. The van der Waals surface area contributed by atoms with Gasteiger partial charge in [0.1, 0.15) is 0 Å². The quantitative estimate of drug-likeness (QED) is 0.405. The molecular formula is C6H10B2F6K2. The molecule has 0 amide bonds. The Morgan fingerprint density at radius 2 is 0.750 bits per heavy atom. The molecular weight excluding hydrogens is 286 g/mol. The maximum Gasteiger partial charge on any atom is 1.00 e. The molecule has 0 aliphatic carbocycles. The molecule has 84 valence electrons. The first-order valence-electron chi connectivity index (χ1n) is 3.59. The fourth-order valence-corrected chi connectivity index (χ4v) is 0. The summed E-state index contributed by atoms with van der Waals surface area (Å²) in [5.74, 6) is 0. The van der Waals surface area contributed by atoms with Crippen molar-refractivity contribution in [3.05, 3.63) is 24.1 Å². The van der Waals surface area contributed by atoms with Crippen LogP contribution in [-0.4, -0.2) is 14.0 Å². The van der Waals surface area contributed by atoms with E-state index in [9.17, 15) is 25.9 Å². The van der Waals surface area contributed by atoms with Gasteiger partial charge in [-0.1, -0.05) is 13.8 Å². The molecule has 0 atom stereocenters. The average molecular weight is 296 g/mol. The van der Waals surface area contributed by atoms with Gasteiger partial charge < -0.3 is 25.9 Å². The summed E-state index contributed by atoms with van der Waals surface area (Å²) >= 11 is 0. The van der Waals surface area contributed by atoms with Gasteiger partial charge >= 0.3 is 117 Å². The van der Waals surface area contributed by atoms with E-state index >= 15 is 0 Å². The van der Waals surface area contributed by atoms with Crippen LogP contribution in [0.25, 0.3) is 0 Å². The summed E-state index contributed by atoms with van der Waals surface area (Å²) < 4.78 is 66.8. The first-order valence-corrected chi connectivity index (χ1v) is 3.59. The van der Waals surface area contributed by atoms with Crippen LogP contribution in [0.1, 0.15) is 13.8 Å². The van der Waals surface area contributed by atoms with Crippen molar-refractivity contribution in [2.45, 2.75) is 13.8 Å². The third kappa shape index (κ3) is 18.8. The molecule has 16 heavy (non-hydrogen) atoms. The largest absolute Gasteiger partial charge is 1.00 e. The predicted octanol–water partition coefficient (Wildman–Crippen LogP) is -2.09. The van der Waals surface area contributed by atoms with Gasteiger partial charge in [-0.25, -0.2) is 0 Å². The van der Waals surface area contributed by atoms with E-state index in [2.05, 4.69) is 13.2 Å². The molecule has 0 aromatic rings. The van der Waals surface area contributed by atoms with Crippen LogP contribution in [0.3, 0.4) is 0 Å². The molecule has 0 aliphatic heterocycles. The second-order valence-electron chi connectivity index (χ2n) is 2.84. The fraction of sp³-hybridized carbons (Fsp3) is 0.333. The molecule has 0 aromatic heterocycles. The smallest absolute Gasteiger partial charge is 0.445 e. The minimum Gasteiger partial charge on any atom is -0.445 e. The molecule has 0 bridgehead atoms. The van der Waals surface area contributed by atoms with Gasteiger partial charge in [-0.2, -0.15) is 0 Å². The van der Waals surface area contributed by atoms with E-state index in [1.807, 2.05) is 0 Å². The van der Waals surface area contributed by atoms with Crippen LogP contribution < -0.4 is 103 Å². The molecule has 0 aliphatic rings. The van der Waals surface area contributed by atoms with Crippen molar-refractivity contribution in [3.63, 3.8) is 0 Å². The van der Waals surface area contributed by atoms with E-state index < -0.39 is 24.9 Å². The van der Waals surface area contributed by atoms with Crippen molar-refractivity contribution < 1.29 is 129 Å². The summed E-state index contributed by atoms with van der Waals surface area (Å²) in [6.45, 7) is -2.12. The molecule has 0 heterocycles. The number of allylic oxidation sites excluding steroid dienone is 2. The summed E-state index contributed by atoms with van der Waals surface area (Å²) in [4.78, 5) is 0. The molecule has 0 aromatic carbocycles. The number of halogens is 6. The van der Waals surface area contributed by atoms with Crippen LogP contribution in [-0.2, 0) is 0 Å². The van der Waals surface area contributed by atoms with Gasteiger partial charge in [-0.15, -0.1) is 24.1 Å². The van der Waals surface area contributed by atoms with Crippen LogP contribution >= 0.6 is 0 Å². The first-order chi connectivity index (χ1) is 5.89. The van der Waals surface area contributed by atoms with Crippen molar-refractivity contribution in [3.8, 4) is 0 Å². The summed E-state index contributed by atoms with van der Waals surface area (Å²) in [7, 11) is 0. The maximum absolute atomic E-state index is 11.1. The molecule has 0 N–H and O–H groups in total.